The molecule has 0 radical (unpaired) electrons. The highest BCUT2D eigenvalue weighted by Gasteiger charge is 2.20. The van der Waals surface area contributed by atoms with E-state index >= 15 is 0 Å². The second-order valence-corrected chi connectivity index (χ2v) is 4.00. The van der Waals surface area contributed by atoms with Crippen LogP contribution in [0.1, 0.15) is 40.0 Å². The third-order valence-electron chi connectivity index (χ3n) is 2.93. The molecule has 2 atom stereocenters. The molecule has 0 N–H and O–H groups in total. The minimum atomic E-state index is 0.851. The maximum atomic E-state index is 2.63. The molecule has 1 heterocycles. The minimum Gasteiger partial charge on any atom is -0.300 e. The molecule has 1 saturated heterocycles. The van der Waals surface area contributed by atoms with E-state index in [1.807, 2.05) is 0 Å². The molecule has 0 amide bonds. The van der Waals surface area contributed by atoms with E-state index in [4.69, 9.17) is 0 Å². The summed E-state index contributed by atoms with van der Waals surface area (Å²) in [6, 6.07) is 0.851. The first-order chi connectivity index (χ1) is 5.24. The van der Waals surface area contributed by atoms with Crippen LogP contribution in [0, 0.1) is 5.92 Å². The second kappa shape index (κ2) is 4.10. The average molecular weight is 155 g/mol. The Balaban J connectivity index is 2.24. The molecular formula is C10H21N. The molecule has 0 aromatic heterocycles. The first kappa shape index (κ1) is 9.05. The third kappa shape index (κ3) is 2.48. The standard InChI is InChI=1S/C10H21N/c1-4-9(2)8-11-7-5-6-10(11)3/h9-10H,4-8H2,1-3H3/t9-,10+/m1/s1. The largest absolute Gasteiger partial charge is 0.300 e. The van der Waals surface area contributed by atoms with Crippen LogP contribution in [-0.2, 0) is 0 Å². The monoisotopic (exact) mass is 155 g/mol. The van der Waals surface area contributed by atoms with Crippen LogP contribution in [-0.4, -0.2) is 24.0 Å². The fourth-order valence-corrected chi connectivity index (χ4v) is 1.79. The smallest absolute Gasteiger partial charge is 0.00675 e. The van der Waals surface area contributed by atoms with Crippen LogP contribution in [0.2, 0.25) is 0 Å². The summed E-state index contributed by atoms with van der Waals surface area (Å²) in [6.07, 6.45) is 4.15. The molecule has 0 spiro atoms. The van der Waals surface area contributed by atoms with Crippen molar-refractivity contribution in [2.75, 3.05) is 13.1 Å². The van der Waals surface area contributed by atoms with Gasteiger partial charge >= 0.3 is 0 Å². The fraction of sp³-hybridized carbons (Fsp3) is 1.00. The number of hydrogen-bond acceptors (Lipinski definition) is 1. The summed E-state index contributed by atoms with van der Waals surface area (Å²) in [6.45, 7) is 9.65. The van der Waals surface area contributed by atoms with Gasteiger partial charge in [0.25, 0.3) is 0 Å². The topological polar surface area (TPSA) is 3.24 Å². The van der Waals surface area contributed by atoms with Crippen molar-refractivity contribution in [1.29, 1.82) is 0 Å². The fourth-order valence-electron chi connectivity index (χ4n) is 1.79. The second-order valence-electron chi connectivity index (χ2n) is 4.00. The number of hydrogen-bond donors (Lipinski definition) is 0. The van der Waals surface area contributed by atoms with Crippen LogP contribution in [0.3, 0.4) is 0 Å². The molecule has 0 bridgehead atoms. The van der Waals surface area contributed by atoms with Gasteiger partial charge in [0.1, 0.15) is 0 Å². The Morgan fingerprint density at radius 2 is 2.27 bits per heavy atom. The molecule has 0 aromatic rings. The van der Waals surface area contributed by atoms with Crippen LogP contribution in [0.5, 0.6) is 0 Å². The SMILES string of the molecule is CC[C@@H](C)CN1CCC[C@@H]1C. The summed E-state index contributed by atoms with van der Waals surface area (Å²) in [5.74, 6) is 0.885. The van der Waals surface area contributed by atoms with Crippen LogP contribution in [0.15, 0.2) is 0 Å². The van der Waals surface area contributed by atoms with Crippen LogP contribution in [0.4, 0.5) is 0 Å². The van der Waals surface area contributed by atoms with Crippen LogP contribution in [0.25, 0.3) is 0 Å². The molecule has 0 aromatic carbocycles. The van der Waals surface area contributed by atoms with Gasteiger partial charge in [0.2, 0.25) is 0 Å². The predicted octanol–water partition coefficient (Wildman–Crippen LogP) is 2.52. The van der Waals surface area contributed by atoms with E-state index < -0.39 is 0 Å². The Kier molecular flexibility index (Phi) is 3.38. The normalized spacial score (nSPS) is 29.2. The molecule has 0 aliphatic carbocycles. The van der Waals surface area contributed by atoms with E-state index in [0.717, 1.165) is 12.0 Å². The molecule has 1 heteroatoms. The molecule has 11 heavy (non-hydrogen) atoms. The summed E-state index contributed by atoms with van der Waals surface area (Å²) in [4.78, 5) is 2.63. The lowest BCUT2D eigenvalue weighted by Crippen LogP contribution is -2.31. The van der Waals surface area contributed by atoms with Crippen molar-refractivity contribution < 1.29 is 0 Å². The minimum absolute atomic E-state index is 0.851. The summed E-state index contributed by atoms with van der Waals surface area (Å²) in [5.41, 5.74) is 0. The van der Waals surface area contributed by atoms with E-state index in [-0.39, 0.29) is 0 Å². The lowest BCUT2D eigenvalue weighted by Gasteiger charge is -2.23. The lowest BCUT2D eigenvalue weighted by molar-refractivity contribution is 0.230. The molecular weight excluding hydrogens is 134 g/mol. The van der Waals surface area contributed by atoms with Gasteiger partial charge in [0.15, 0.2) is 0 Å². The zero-order valence-electron chi connectivity index (χ0n) is 8.14. The number of likely N-dealkylation sites (tertiary alicyclic amines) is 1. The molecule has 0 saturated carbocycles. The van der Waals surface area contributed by atoms with Gasteiger partial charge in [-0.25, -0.2) is 0 Å². The Labute approximate surface area is 70.8 Å². The van der Waals surface area contributed by atoms with Crippen molar-refractivity contribution in [3.63, 3.8) is 0 Å². The van der Waals surface area contributed by atoms with E-state index in [9.17, 15) is 0 Å². The maximum Gasteiger partial charge on any atom is 0.00675 e. The lowest BCUT2D eigenvalue weighted by atomic mass is 10.1. The summed E-state index contributed by atoms with van der Waals surface area (Å²) in [7, 11) is 0. The average Bonchev–Trinajstić information content (AvgIpc) is 2.37. The zero-order valence-corrected chi connectivity index (χ0v) is 8.14. The van der Waals surface area contributed by atoms with Gasteiger partial charge in [-0.05, 0) is 32.2 Å². The third-order valence-corrected chi connectivity index (χ3v) is 2.93. The van der Waals surface area contributed by atoms with Crippen molar-refractivity contribution >= 4 is 0 Å². The molecule has 1 aliphatic heterocycles. The first-order valence-corrected chi connectivity index (χ1v) is 4.98. The van der Waals surface area contributed by atoms with Crippen molar-refractivity contribution in [1.82, 2.24) is 4.90 Å². The van der Waals surface area contributed by atoms with Crippen LogP contribution < -0.4 is 0 Å². The van der Waals surface area contributed by atoms with Gasteiger partial charge in [0, 0.05) is 12.6 Å². The van der Waals surface area contributed by atoms with Crippen molar-refractivity contribution in [2.45, 2.75) is 46.1 Å². The molecule has 1 aliphatic rings. The van der Waals surface area contributed by atoms with Gasteiger partial charge in [-0.2, -0.15) is 0 Å². The predicted molar refractivity (Wildman–Crippen MR) is 49.7 cm³/mol. The Hall–Kier alpha value is -0.0400. The maximum absolute atomic E-state index is 2.63. The summed E-state index contributed by atoms with van der Waals surface area (Å²) < 4.78 is 0. The van der Waals surface area contributed by atoms with Gasteiger partial charge in [-0.1, -0.05) is 20.3 Å². The van der Waals surface area contributed by atoms with Gasteiger partial charge in [-0.15, -0.1) is 0 Å². The highest BCUT2D eigenvalue weighted by Crippen LogP contribution is 2.18. The van der Waals surface area contributed by atoms with E-state index in [0.29, 0.717) is 0 Å². The number of rotatable bonds is 3. The zero-order chi connectivity index (χ0) is 8.27. The number of nitrogens with zero attached hydrogens (tertiary/aromatic N) is 1. The molecule has 66 valence electrons. The van der Waals surface area contributed by atoms with E-state index in [1.54, 1.807) is 0 Å². The molecule has 1 fully saturated rings. The summed E-state index contributed by atoms with van der Waals surface area (Å²) in [5, 5.41) is 0. The van der Waals surface area contributed by atoms with E-state index in [2.05, 4.69) is 25.7 Å². The highest BCUT2D eigenvalue weighted by molar-refractivity contribution is 4.76. The molecule has 1 rings (SSSR count). The Bertz CT molecular complexity index is 111. The highest BCUT2D eigenvalue weighted by atomic mass is 15.2. The van der Waals surface area contributed by atoms with Gasteiger partial charge < -0.3 is 4.90 Å². The quantitative estimate of drug-likeness (QED) is 0.605. The molecule has 1 nitrogen and oxygen atoms in total. The van der Waals surface area contributed by atoms with Crippen molar-refractivity contribution in [3.8, 4) is 0 Å². The van der Waals surface area contributed by atoms with Gasteiger partial charge in [0.05, 0.1) is 0 Å². The van der Waals surface area contributed by atoms with Crippen molar-refractivity contribution in [2.24, 2.45) is 5.92 Å². The first-order valence-electron chi connectivity index (χ1n) is 4.98. The Morgan fingerprint density at radius 3 is 2.73 bits per heavy atom. The molecule has 0 unspecified atom stereocenters. The van der Waals surface area contributed by atoms with Crippen molar-refractivity contribution in [3.05, 3.63) is 0 Å². The summed E-state index contributed by atoms with van der Waals surface area (Å²) >= 11 is 0. The van der Waals surface area contributed by atoms with Crippen LogP contribution >= 0.6 is 0 Å². The van der Waals surface area contributed by atoms with E-state index in [1.165, 1.54) is 32.4 Å². The Morgan fingerprint density at radius 1 is 1.55 bits per heavy atom. The van der Waals surface area contributed by atoms with Gasteiger partial charge in [-0.3, -0.25) is 0 Å².